The molecule has 0 aliphatic heterocycles. The van der Waals surface area contributed by atoms with E-state index in [1.807, 2.05) is 0 Å². The molecule has 134 valence electrons. The maximum absolute atomic E-state index is 13.2. The predicted octanol–water partition coefficient (Wildman–Crippen LogP) is 1.65. The quantitative estimate of drug-likeness (QED) is 0.790. The van der Waals surface area contributed by atoms with Crippen LogP contribution in [-0.2, 0) is 17.9 Å². The van der Waals surface area contributed by atoms with E-state index in [0.717, 1.165) is 17.5 Å². The molecule has 0 aromatic carbocycles. The molecule has 1 fully saturated rings. The monoisotopic (exact) mass is 352 g/mol. The van der Waals surface area contributed by atoms with Gasteiger partial charge in [-0.1, -0.05) is 0 Å². The van der Waals surface area contributed by atoms with Gasteiger partial charge >= 0.3 is 0 Å². The smallest absolute Gasteiger partial charge is 0.280 e. The number of halogens is 2. The van der Waals surface area contributed by atoms with Crippen LogP contribution in [0.5, 0.6) is 0 Å². The average Bonchev–Trinajstić information content (AvgIpc) is 3.18. The number of nitrogens with two attached hydrogens (primary N) is 1. The molecule has 0 atom stereocenters. The molecular weight excluding hydrogens is 334 g/mol. The second-order valence-electron chi connectivity index (χ2n) is 5.89. The molecule has 0 saturated heterocycles. The molecule has 0 unspecified atom stereocenters. The summed E-state index contributed by atoms with van der Waals surface area (Å²) in [4.78, 5) is 23.6. The largest absolute Gasteiger partial charge is 0.364 e. The molecule has 3 rings (SSSR count). The molecule has 3 N–H and O–H groups in total. The van der Waals surface area contributed by atoms with E-state index in [1.54, 1.807) is 6.92 Å². The minimum absolute atomic E-state index is 0.0802. The topological polar surface area (TPSA) is 108 Å². The summed E-state index contributed by atoms with van der Waals surface area (Å²) in [5, 5.41) is 10.6. The summed E-state index contributed by atoms with van der Waals surface area (Å²) in [5.41, 5.74) is 5.59. The Balaban J connectivity index is 1.77. The first kappa shape index (κ1) is 17.1. The van der Waals surface area contributed by atoms with Crippen molar-refractivity contribution in [2.75, 3.05) is 5.32 Å². The lowest BCUT2D eigenvalue weighted by atomic mass is 10.3. The normalized spacial score (nSPS) is 14.1. The number of alkyl halides is 2. The Kier molecular flexibility index (Phi) is 4.51. The van der Waals surface area contributed by atoms with Crippen molar-refractivity contribution in [2.45, 2.75) is 45.2 Å². The third-order valence-electron chi connectivity index (χ3n) is 3.94. The van der Waals surface area contributed by atoms with Gasteiger partial charge in [0, 0.05) is 18.7 Å². The Morgan fingerprint density at radius 2 is 2.12 bits per heavy atom. The standard InChI is InChI=1S/C15H18F2N6O2/c1-2-22-6-10(13(21-22)15(18)25)19-12(24)7-23-11(14(16)17)5-9(20-23)8-3-4-8/h5-6,8,14H,2-4,7H2,1H3,(H2,18,25)(H,19,24). The first-order valence-electron chi connectivity index (χ1n) is 7.92. The molecule has 25 heavy (non-hydrogen) atoms. The molecule has 10 heteroatoms. The number of hydrogen-bond acceptors (Lipinski definition) is 4. The van der Waals surface area contributed by atoms with Gasteiger partial charge in [0.1, 0.15) is 12.2 Å². The Bertz CT molecular complexity index is 809. The van der Waals surface area contributed by atoms with Crippen LogP contribution >= 0.6 is 0 Å². The van der Waals surface area contributed by atoms with Crippen molar-refractivity contribution >= 4 is 17.5 Å². The molecule has 1 aliphatic carbocycles. The van der Waals surface area contributed by atoms with Crippen molar-refractivity contribution in [3.8, 4) is 0 Å². The van der Waals surface area contributed by atoms with Gasteiger partial charge in [-0.3, -0.25) is 19.0 Å². The minimum Gasteiger partial charge on any atom is -0.364 e. The molecule has 8 nitrogen and oxygen atoms in total. The van der Waals surface area contributed by atoms with Crippen LogP contribution in [0.2, 0.25) is 0 Å². The fourth-order valence-electron chi connectivity index (χ4n) is 2.52. The second kappa shape index (κ2) is 6.61. The summed E-state index contributed by atoms with van der Waals surface area (Å²) < 4.78 is 28.8. The minimum atomic E-state index is -2.73. The maximum atomic E-state index is 13.2. The number of carbonyl (C=O) groups excluding carboxylic acids is 2. The fraction of sp³-hybridized carbons (Fsp3) is 0.467. The van der Waals surface area contributed by atoms with Gasteiger partial charge in [-0.05, 0) is 25.8 Å². The van der Waals surface area contributed by atoms with Gasteiger partial charge in [-0.15, -0.1) is 0 Å². The van der Waals surface area contributed by atoms with Crippen LogP contribution in [-0.4, -0.2) is 31.4 Å². The van der Waals surface area contributed by atoms with Crippen LogP contribution in [0.15, 0.2) is 12.3 Å². The molecule has 2 aromatic rings. The van der Waals surface area contributed by atoms with Crippen molar-refractivity contribution < 1.29 is 18.4 Å². The summed E-state index contributed by atoms with van der Waals surface area (Å²) in [6.07, 6.45) is 0.579. The molecule has 1 saturated carbocycles. The number of amides is 2. The number of primary amides is 1. The summed E-state index contributed by atoms with van der Waals surface area (Å²) in [7, 11) is 0. The molecule has 2 heterocycles. The predicted molar refractivity (Wildman–Crippen MR) is 84.2 cm³/mol. The highest BCUT2D eigenvalue weighted by Gasteiger charge is 2.29. The SMILES string of the molecule is CCn1cc(NC(=O)Cn2nc(C3CC3)cc2C(F)F)c(C(N)=O)n1. The summed E-state index contributed by atoms with van der Waals surface area (Å²) in [6.45, 7) is 1.90. The van der Waals surface area contributed by atoms with Crippen molar-refractivity contribution in [3.63, 3.8) is 0 Å². The Labute approximate surface area is 142 Å². The zero-order valence-electron chi connectivity index (χ0n) is 13.6. The number of nitrogens with zero attached hydrogens (tertiary/aromatic N) is 4. The fourth-order valence-corrected chi connectivity index (χ4v) is 2.52. The number of aromatic nitrogens is 4. The molecule has 0 bridgehead atoms. The van der Waals surface area contributed by atoms with E-state index in [-0.39, 0.29) is 29.5 Å². The van der Waals surface area contributed by atoms with Crippen LogP contribution in [0.4, 0.5) is 14.5 Å². The lowest BCUT2D eigenvalue weighted by molar-refractivity contribution is -0.117. The van der Waals surface area contributed by atoms with E-state index in [0.29, 0.717) is 12.2 Å². The zero-order valence-corrected chi connectivity index (χ0v) is 13.6. The van der Waals surface area contributed by atoms with Crippen LogP contribution in [0.25, 0.3) is 0 Å². The Hall–Kier alpha value is -2.78. The van der Waals surface area contributed by atoms with Gasteiger partial charge in [0.2, 0.25) is 5.91 Å². The van der Waals surface area contributed by atoms with E-state index < -0.39 is 18.2 Å². The highest BCUT2D eigenvalue weighted by Crippen LogP contribution is 2.40. The van der Waals surface area contributed by atoms with Gasteiger partial charge in [0.25, 0.3) is 12.3 Å². The zero-order chi connectivity index (χ0) is 18.1. The van der Waals surface area contributed by atoms with Gasteiger partial charge in [-0.2, -0.15) is 10.2 Å². The summed E-state index contributed by atoms with van der Waals surface area (Å²) >= 11 is 0. The lowest BCUT2D eigenvalue weighted by Crippen LogP contribution is -2.23. The first-order chi connectivity index (χ1) is 11.9. The van der Waals surface area contributed by atoms with Crippen LogP contribution in [0, 0.1) is 0 Å². The van der Waals surface area contributed by atoms with Gasteiger partial charge in [0.15, 0.2) is 5.69 Å². The highest BCUT2D eigenvalue weighted by atomic mass is 19.3. The molecular formula is C15H18F2N6O2. The summed E-state index contributed by atoms with van der Waals surface area (Å²) in [5.74, 6) is -1.18. The molecule has 2 amide bonds. The lowest BCUT2D eigenvalue weighted by Gasteiger charge is -2.07. The van der Waals surface area contributed by atoms with E-state index >= 15 is 0 Å². The van der Waals surface area contributed by atoms with E-state index in [4.69, 9.17) is 5.73 Å². The van der Waals surface area contributed by atoms with Crippen molar-refractivity contribution in [3.05, 3.63) is 29.3 Å². The van der Waals surface area contributed by atoms with Gasteiger partial charge in [-0.25, -0.2) is 8.78 Å². The maximum Gasteiger partial charge on any atom is 0.280 e. The van der Waals surface area contributed by atoms with Crippen molar-refractivity contribution in [2.24, 2.45) is 5.73 Å². The Morgan fingerprint density at radius 3 is 2.68 bits per heavy atom. The number of carbonyl (C=O) groups is 2. The number of aryl methyl sites for hydroxylation is 1. The number of rotatable bonds is 7. The highest BCUT2D eigenvalue weighted by molar-refractivity contribution is 6.01. The van der Waals surface area contributed by atoms with Crippen LogP contribution < -0.4 is 11.1 Å². The first-order valence-corrected chi connectivity index (χ1v) is 7.92. The number of nitrogens with one attached hydrogen (secondary N) is 1. The number of hydrogen-bond donors (Lipinski definition) is 2. The molecule has 2 aromatic heterocycles. The van der Waals surface area contributed by atoms with Gasteiger partial charge in [0.05, 0.1) is 11.4 Å². The molecule has 1 aliphatic rings. The van der Waals surface area contributed by atoms with Crippen molar-refractivity contribution in [1.82, 2.24) is 19.6 Å². The van der Waals surface area contributed by atoms with Crippen LogP contribution in [0.3, 0.4) is 0 Å². The van der Waals surface area contributed by atoms with E-state index in [2.05, 4.69) is 15.5 Å². The van der Waals surface area contributed by atoms with Crippen molar-refractivity contribution in [1.29, 1.82) is 0 Å². The number of anilines is 1. The van der Waals surface area contributed by atoms with Crippen LogP contribution in [0.1, 0.15) is 54.0 Å². The average molecular weight is 352 g/mol. The third-order valence-corrected chi connectivity index (χ3v) is 3.94. The second-order valence-corrected chi connectivity index (χ2v) is 5.89. The Morgan fingerprint density at radius 1 is 1.40 bits per heavy atom. The van der Waals surface area contributed by atoms with E-state index in [9.17, 15) is 18.4 Å². The molecule has 0 spiro atoms. The van der Waals surface area contributed by atoms with Gasteiger partial charge < -0.3 is 11.1 Å². The molecule has 0 radical (unpaired) electrons. The van der Waals surface area contributed by atoms with E-state index in [1.165, 1.54) is 16.9 Å². The summed E-state index contributed by atoms with van der Waals surface area (Å²) in [6, 6.07) is 1.35. The third kappa shape index (κ3) is 3.67.